The van der Waals surface area contributed by atoms with Crippen molar-refractivity contribution in [3.8, 4) is 11.5 Å². The third-order valence-electron chi connectivity index (χ3n) is 3.18. The molecule has 1 N–H and O–H groups in total. The van der Waals surface area contributed by atoms with Crippen LogP contribution in [0.25, 0.3) is 0 Å². The van der Waals surface area contributed by atoms with Gasteiger partial charge < -0.3 is 9.47 Å². The van der Waals surface area contributed by atoms with E-state index < -0.39 is 11.7 Å². The summed E-state index contributed by atoms with van der Waals surface area (Å²) in [6.07, 6.45) is 0.551. The summed E-state index contributed by atoms with van der Waals surface area (Å²) >= 11 is 0. The van der Waals surface area contributed by atoms with Crippen LogP contribution in [0, 0.1) is 5.82 Å². The van der Waals surface area contributed by atoms with Crippen LogP contribution < -0.4 is 14.9 Å². The highest BCUT2D eigenvalue weighted by molar-refractivity contribution is 5.86. The Kier molecular flexibility index (Phi) is 6.31. The summed E-state index contributed by atoms with van der Waals surface area (Å²) in [5.74, 6) is 0.227. The lowest BCUT2D eigenvalue weighted by atomic mass is 10.1. The summed E-state index contributed by atoms with van der Waals surface area (Å²) in [5, 5.41) is 4.03. The van der Waals surface area contributed by atoms with E-state index in [2.05, 4.69) is 10.5 Å². The summed E-state index contributed by atoms with van der Waals surface area (Å²) in [6, 6.07) is 13.2. The Morgan fingerprint density at radius 3 is 2.75 bits per heavy atom. The van der Waals surface area contributed by atoms with Crippen molar-refractivity contribution in [3.63, 3.8) is 0 Å². The molecule has 0 atom stereocenters. The molecular weight excluding hydrogens is 311 g/mol. The summed E-state index contributed by atoms with van der Waals surface area (Å²) in [6.45, 7) is 1.56. The van der Waals surface area contributed by atoms with Gasteiger partial charge in [0.25, 0.3) is 5.91 Å². The number of hydrazone groups is 1. The van der Waals surface area contributed by atoms with Crippen LogP contribution in [-0.2, 0) is 11.2 Å². The number of methoxy groups -OCH3 is 1. The predicted molar refractivity (Wildman–Crippen MR) is 89.8 cm³/mol. The van der Waals surface area contributed by atoms with E-state index >= 15 is 0 Å². The molecule has 2 aromatic carbocycles. The minimum atomic E-state index is -0.418. The Labute approximate surface area is 140 Å². The SMILES string of the molecule is COc1ccccc1C/C(C)=N\NC(=O)COc1cccc(F)c1. The average Bonchev–Trinajstić information content (AvgIpc) is 2.58. The normalized spacial score (nSPS) is 11.0. The fraction of sp³-hybridized carbons (Fsp3) is 0.222. The van der Waals surface area contributed by atoms with Gasteiger partial charge in [0.15, 0.2) is 6.61 Å². The fourth-order valence-electron chi connectivity index (χ4n) is 2.06. The zero-order valence-corrected chi connectivity index (χ0v) is 13.6. The molecule has 2 aromatic rings. The molecule has 0 heterocycles. The van der Waals surface area contributed by atoms with Crippen LogP contribution in [0.4, 0.5) is 4.39 Å². The molecule has 5 nitrogen and oxygen atoms in total. The number of hydrogen-bond donors (Lipinski definition) is 1. The third kappa shape index (κ3) is 5.39. The molecule has 0 saturated heterocycles. The lowest BCUT2D eigenvalue weighted by molar-refractivity contribution is -0.123. The van der Waals surface area contributed by atoms with Crippen LogP contribution in [0.15, 0.2) is 53.6 Å². The van der Waals surface area contributed by atoms with Crippen LogP contribution in [0.5, 0.6) is 11.5 Å². The van der Waals surface area contributed by atoms with Crippen LogP contribution >= 0.6 is 0 Å². The first-order chi connectivity index (χ1) is 11.6. The zero-order chi connectivity index (χ0) is 17.4. The standard InChI is InChI=1S/C18H19FN2O3/c1-13(10-14-6-3-4-9-17(14)23-2)20-21-18(22)12-24-16-8-5-7-15(19)11-16/h3-9,11H,10,12H2,1-2H3,(H,21,22)/b20-13-. The summed E-state index contributed by atoms with van der Waals surface area (Å²) in [7, 11) is 1.61. The summed E-state index contributed by atoms with van der Waals surface area (Å²) in [5.41, 5.74) is 4.11. The van der Waals surface area contributed by atoms with Gasteiger partial charge in [-0.1, -0.05) is 24.3 Å². The van der Waals surface area contributed by atoms with Crippen molar-refractivity contribution >= 4 is 11.6 Å². The van der Waals surface area contributed by atoms with Gasteiger partial charge in [0.05, 0.1) is 7.11 Å². The Balaban J connectivity index is 1.84. The molecule has 126 valence electrons. The van der Waals surface area contributed by atoms with Gasteiger partial charge in [-0.2, -0.15) is 5.10 Å². The van der Waals surface area contributed by atoms with Gasteiger partial charge >= 0.3 is 0 Å². The molecule has 0 aliphatic carbocycles. The first-order valence-electron chi connectivity index (χ1n) is 7.40. The van der Waals surface area contributed by atoms with Gasteiger partial charge in [0, 0.05) is 18.2 Å². The van der Waals surface area contributed by atoms with Gasteiger partial charge in [-0.15, -0.1) is 0 Å². The van der Waals surface area contributed by atoms with Gasteiger partial charge in [0.2, 0.25) is 0 Å². The van der Waals surface area contributed by atoms with Gasteiger partial charge in [-0.3, -0.25) is 4.79 Å². The average molecular weight is 330 g/mol. The number of nitrogens with zero attached hydrogens (tertiary/aromatic N) is 1. The molecule has 1 amide bonds. The van der Waals surface area contributed by atoms with E-state index in [-0.39, 0.29) is 6.61 Å². The van der Waals surface area contributed by atoms with Gasteiger partial charge in [0.1, 0.15) is 17.3 Å². The molecular formula is C18H19FN2O3. The molecule has 0 spiro atoms. The summed E-state index contributed by atoms with van der Waals surface area (Å²) < 4.78 is 23.5. The zero-order valence-electron chi connectivity index (χ0n) is 13.6. The van der Waals surface area contributed by atoms with Crippen molar-refractivity contribution in [1.82, 2.24) is 5.43 Å². The van der Waals surface area contributed by atoms with Crippen molar-refractivity contribution in [1.29, 1.82) is 0 Å². The Morgan fingerprint density at radius 1 is 1.21 bits per heavy atom. The maximum atomic E-state index is 13.0. The number of amides is 1. The molecule has 2 rings (SSSR count). The Bertz CT molecular complexity index is 732. The number of ether oxygens (including phenoxy) is 2. The number of carbonyl (C=O) groups is 1. The Hall–Kier alpha value is -2.89. The lowest BCUT2D eigenvalue weighted by Crippen LogP contribution is -2.25. The first kappa shape index (κ1) is 17.5. The van der Waals surface area contributed by atoms with E-state index in [1.165, 1.54) is 18.2 Å². The maximum absolute atomic E-state index is 13.0. The van der Waals surface area contributed by atoms with Crippen LogP contribution in [0.1, 0.15) is 12.5 Å². The van der Waals surface area contributed by atoms with Crippen LogP contribution in [0.3, 0.4) is 0 Å². The van der Waals surface area contributed by atoms with E-state index in [9.17, 15) is 9.18 Å². The molecule has 0 aromatic heterocycles. The Morgan fingerprint density at radius 2 is 2.00 bits per heavy atom. The number of halogens is 1. The minimum Gasteiger partial charge on any atom is -0.496 e. The van der Waals surface area contributed by atoms with Crippen molar-refractivity contribution < 1.29 is 18.7 Å². The van der Waals surface area contributed by atoms with Crippen LogP contribution in [0.2, 0.25) is 0 Å². The van der Waals surface area contributed by atoms with E-state index in [0.717, 1.165) is 17.0 Å². The lowest BCUT2D eigenvalue weighted by Gasteiger charge is -2.08. The smallest absolute Gasteiger partial charge is 0.277 e. The van der Waals surface area contributed by atoms with Crippen LogP contribution in [-0.4, -0.2) is 25.3 Å². The molecule has 24 heavy (non-hydrogen) atoms. The molecule has 0 fully saturated rings. The number of nitrogens with one attached hydrogen (secondary N) is 1. The quantitative estimate of drug-likeness (QED) is 0.627. The molecule has 0 radical (unpaired) electrons. The topological polar surface area (TPSA) is 59.9 Å². The second-order valence-electron chi connectivity index (χ2n) is 5.12. The molecule has 0 bridgehead atoms. The van der Waals surface area contributed by atoms with Crippen molar-refractivity contribution in [2.24, 2.45) is 5.10 Å². The molecule has 6 heteroatoms. The van der Waals surface area contributed by atoms with Crippen molar-refractivity contribution in [2.45, 2.75) is 13.3 Å². The van der Waals surface area contributed by atoms with E-state index in [1.807, 2.05) is 24.3 Å². The maximum Gasteiger partial charge on any atom is 0.277 e. The molecule has 0 saturated carbocycles. The largest absolute Gasteiger partial charge is 0.496 e. The first-order valence-corrected chi connectivity index (χ1v) is 7.40. The number of para-hydroxylation sites is 1. The molecule has 0 aliphatic heterocycles. The van der Waals surface area contributed by atoms with E-state index in [1.54, 1.807) is 20.1 Å². The van der Waals surface area contributed by atoms with Gasteiger partial charge in [-0.05, 0) is 30.7 Å². The van der Waals surface area contributed by atoms with E-state index in [4.69, 9.17) is 9.47 Å². The van der Waals surface area contributed by atoms with Crippen molar-refractivity contribution in [2.75, 3.05) is 13.7 Å². The second-order valence-corrected chi connectivity index (χ2v) is 5.12. The number of benzene rings is 2. The molecule has 0 unspecified atom stereocenters. The highest BCUT2D eigenvalue weighted by atomic mass is 19.1. The monoisotopic (exact) mass is 330 g/mol. The molecule has 0 aliphatic rings. The number of hydrogen-bond acceptors (Lipinski definition) is 4. The second kappa shape index (κ2) is 8.67. The summed E-state index contributed by atoms with van der Waals surface area (Å²) in [4.78, 5) is 11.7. The highest BCUT2D eigenvalue weighted by Gasteiger charge is 2.05. The number of rotatable bonds is 7. The minimum absolute atomic E-state index is 0.241. The highest BCUT2D eigenvalue weighted by Crippen LogP contribution is 2.18. The van der Waals surface area contributed by atoms with E-state index in [0.29, 0.717) is 12.2 Å². The van der Waals surface area contributed by atoms with Crippen molar-refractivity contribution in [3.05, 3.63) is 59.9 Å². The predicted octanol–water partition coefficient (Wildman–Crippen LogP) is 2.95. The number of carbonyl (C=O) groups excluding carboxylic acids is 1. The fourth-order valence-corrected chi connectivity index (χ4v) is 2.06. The van der Waals surface area contributed by atoms with Gasteiger partial charge in [-0.25, -0.2) is 9.82 Å². The third-order valence-corrected chi connectivity index (χ3v) is 3.18.